The van der Waals surface area contributed by atoms with Crippen molar-refractivity contribution in [2.24, 2.45) is 0 Å². The van der Waals surface area contributed by atoms with Crippen LogP contribution in [0.3, 0.4) is 0 Å². The number of carbonyl (C=O) groups is 1. The van der Waals surface area contributed by atoms with Crippen LogP contribution in [0.1, 0.15) is 20.8 Å². The van der Waals surface area contributed by atoms with Crippen LogP contribution in [0, 0.1) is 0 Å². The Balaban J connectivity index is 2.17. The third-order valence-corrected chi connectivity index (χ3v) is 3.28. The maximum absolute atomic E-state index is 12.1. The molecule has 0 unspecified atom stereocenters. The van der Waals surface area contributed by atoms with Crippen molar-refractivity contribution < 1.29 is 9.53 Å². The zero-order valence-electron chi connectivity index (χ0n) is 12.7. The summed E-state index contributed by atoms with van der Waals surface area (Å²) in [5.41, 5.74) is 1.39. The molecule has 0 aliphatic carbocycles. The minimum Gasteiger partial charge on any atom is -0.378 e. The van der Waals surface area contributed by atoms with Crippen LogP contribution in [0.25, 0.3) is 0 Å². The third-order valence-electron chi connectivity index (χ3n) is 3.05. The average molecular weight is 312 g/mol. The van der Waals surface area contributed by atoms with Gasteiger partial charge in [0, 0.05) is 23.7 Å². The molecule has 116 valence electrons. The molecule has 2 rings (SSSR count). The van der Waals surface area contributed by atoms with Gasteiger partial charge in [0.2, 0.25) is 0 Å². The normalized spacial score (nSPS) is 15.7. The highest BCUT2D eigenvalue weighted by Gasteiger charge is 2.18. The van der Waals surface area contributed by atoms with E-state index in [4.69, 9.17) is 16.3 Å². The number of rotatable bonds is 2. The van der Waals surface area contributed by atoms with Crippen LogP contribution in [0.15, 0.2) is 18.2 Å². The van der Waals surface area contributed by atoms with Gasteiger partial charge in [-0.15, -0.1) is 0 Å². The van der Waals surface area contributed by atoms with Crippen LogP contribution in [0.5, 0.6) is 0 Å². The highest BCUT2D eigenvalue weighted by molar-refractivity contribution is 6.31. The van der Waals surface area contributed by atoms with Crippen LogP contribution in [0.4, 0.5) is 16.2 Å². The van der Waals surface area contributed by atoms with Crippen LogP contribution in [0.2, 0.25) is 5.02 Å². The number of carbonyl (C=O) groups excluding carboxylic acids is 1. The summed E-state index contributed by atoms with van der Waals surface area (Å²) in [5, 5.41) is 6.36. The van der Waals surface area contributed by atoms with Crippen molar-refractivity contribution in [3.8, 4) is 0 Å². The molecule has 0 bridgehead atoms. The van der Waals surface area contributed by atoms with E-state index in [9.17, 15) is 4.79 Å². The molecule has 1 aromatic rings. The molecule has 1 aromatic carbocycles. The monoisotopic (exact) mass is 311 g/mol. The molecule has 1 heterocycles. The first-order valence-corrected chi connectivity index (χ1v) is 7.44. The molecule has 0 atom stereocenters. The SMILES string of the molecule is CC(C)(C)NC(=O)Nc1cc(Cl)ccc1N1CCOCC1. The molecule has 1 aliphatic rings. The predicted octanol–water partition coefficient (Wildman–Crippen LogP) is 3.10. The van der Waals surface area contributed by atoms with Crippen molar-refractivity contribution in [3.63, 3.8) is 0 Å². The van der Waals surface area contributed by atoms with Crippen molar-refractivity contribution in [1.82, 2.24) is 5.32 Å². The molecule has 6 heteroatoms. The van der Waals surface area contributed by atoms with Crippen molar-refractivity contribution in [2.75, 3.05) is 36.5 Å². The van der Waals surface area contributed by atoms with E-state index in [1.807, 2.05) is 32.9 Å². The van der Waals surface area contributed by atoms with E-state index in [0.717, 1.165) is 18.8 Å². The van der Waals surface area contributed by atoms with Gasteiger partial charge in [0.25, 0.3) is 0 Å². The van der Waals surface area contributed by atoms with Crippen molar-refractivity contribution in [3.05, 3.63) is 23.2 Å². The smallest absolute Gasteiger partial charge is 0.319 e. The number of hydrogen-bond donors (Lipinski definition) is 2. The Labute approximate surface area is 130 Å². The number of nitrogens with zero attached hydrogens (tertiary/aromatic N) is 1. The van der Waals surface area contributed by atoms with Crippen molar-refractivity contribution in [2.45, 2.75) is 26.3 Å². The van der Waals surface area contributed by atoms with Crippen molar-refractivity contribution >= 4 is 29.0 Å². The molecule has 1 fully saturated rings. The number of nitrogens with one attached hydrogen (secondary N) is 2. The number of hydrogen-bond acceptors (Lipinski definition) is 3. The van der Waals surface area contributed by atoms with Gasteiger partial charge in [0.1, 0.15) is 0 Å². The first-order valence-electron chi connectivity index (χ1n) is 7.06. The lowest BCUT2D eigenvalue weighted by Gasteiger charge is -2.31. The van der Waals surface area contributed by atoms with Crippen LogP contribution in [-0.2, 0) is 4.74 Å². The minimum absolute atomic E-state index is 0.237. The Morgan fingerprint density at radius 1 is 1.29 bits per heavy atom. The lowest BCUT2D eigenvalue weighted by Crippen LogP contribution is -2.43. The van der Waals surface area contributed by atoms with E-state index in [1.54, 1.807) is 6.07 Å². The Morgan fingerprint density at radius 3 is 2.57 bits per heavy atom. The van der Waals surface area contributed by atoms with E-state index in [2.05, 4.69) is 15.5 Å². The number of urea groups is 1. The molecule has 1 aliphatic heterocycles. The van der Waals surface area contributed by atoms with Gasteiger partial charge in [-0.3, -0.25) is 0 Å². The van der Waals surface area contributed by atoms with E-state index in [1.165, 1.54) is 0 Å². The third kappa shape index (κ3) is 4.79. The number of anilines is 2. The van der Waals surface area contributed by atoms with E-state index in [-0.39, 0.29) is 11.6 Å². The number of halogens is 1. The van der Waals surface area contributed by atoms with E-state index >= 15 is 0 Å². The van der Waals surface area contributed by atoms with Gasteiger partial charge in [0.05, 0.1) is 24.6 Å². The molecule has 5 nitrogen and oxygen atoms in total. The number of morpholine rings is 1. The Bertz CT molecular complexity index is 508. The van der Waals surface area contributed by atoms with E-state index in [0.29, 0.717) is 23.9 Å². The summed E-state index contributed by atoms with van der Waals surface area (Å²) in [6, 6.07) is 5.30. The summed E-state index contributed by atoms with van der Waals surface area (Å²) in [6.45, 7) is 8.80. The second kappa shape index (κ2) is 6.54. The molecule has 21 heavy (non-hydrogen) atoms. The summed E-state index contributed by atoms with van der Waals surface area (Å²) in [5.74, 6) is 0. The topological polar surface area (TPSA) is 53.6 Å². The Morgan fingerprint density at radius 2 is 1.95 bits per heavy atom. The lowest BCUT2D eigenvalue weighted by atomic mass is 10.1. The van der Waals surface area contributed by atoms with Gasteiger partial charge in [0.15, 0.2) is 0 Å². The average Bonchev–Trinajstić information content (AvgIpc) is 2.37. The Kier molecular flexibility index (Phi) is 4.96. The standard InChI is InChI=1S/C15H22ClN3O2/c1-15(2,3)18-14(20)17-12-10-11(16)4-5-13(12)19-6-8-21-9-7-19/h4-5,10H,6-9H2,1-3H3,(H2,17,18,20). The second-order valence-corrected chi connectivity index (χ2v) is 6.53. The Hall–Kier alpha value is -1.46. The highest BCUT2D eigenvalue weighted by atomic mass is 35.5. The highest BCUT2D eigenvalue weighted by Crippen LogP contribution is 2.29. The maximum Gasteiger partial charge on any atom is 0.319 e. The predicted molar refractivity (Wildman–Crippen MR) is 86.4 cm³/mol. The fraction of sp³-hybridized carbons (Fsp3) is 0.533. The van der Waals surface area contributed by atoms with Gasteiger partial charge < -0.3 is 20.3 Å². The van der Waals surface area contributed by atoms with Crippen LogP contribution >= 0.6 is 11.6 Å². The second-order valence-electron chi connectivity index (χ2n) is 6.09. The van der Waals surface area contributed by atoms with Crippen LogP contribution < -0.4 is 15.5 Å². The molecule has 2 N–H and O–H groups in total. The largest absolute Gasteiger partial charge is 0.378 e. The summed E-state index contributed by atoms with van der Waals surface area (Å²) < 4.78 is 5.36. The molecular formula is C15H22ClN3O2. The number of ether oxygens (including phenoxy) is 1. The fourth-order valence-corrected chi connectivity index (χ4v) is 2.35. The molecule has 0 radical (unpaired) electrons. The zero-order chi connectivity index (χ0) is 15.5. The summed E-state index contributed by atoms with van der Waals surface area (Å²) >= 11 is 6.06. The molecule has 0 aromatic heterocycles. The van der Waals surface area contributed by atoms with E-state index < -0.39 is 0 Å². The summed E-state index contributed by atoms with van der Waals surface area (Å²) in [4.78, 5) is 14.3. The maximum atomic E-state index is 12.1. The molecule has 0 spiro atoms. The van der Waals surface area contributed by atoms with Gasteiger partial charge in [-0.05, 0) is 39.0 Å². The molecular weight excluding hydrogens is 290 g/mol. The number of amides is 2. The first kappa shape index (κ1) is 15.9. The summed E-state index contributed by atoms with van der Waals surface area (Å²) in [7, 11) is 0. The molecule has 0 saturated carbocycles. The van der Waals surface area contributed by atoms with Gasteiger partial charge in [-0.25, -0.2) is 4.79 Å². The minimum atomic E-state index is -0.290. The fourth-order valence-electron chi connectivity index (χ4n) is 2.18. The van der Waals surface area contributed by atoms with Crippen molar-refractivity contribution in [1.29, 1.82) is 0 Å². The van der Waals surface area contributed by atoms with Gasteiger partial charge in [-0.2, -0.15) is 0 Å². The number of benzene rings is 1. The first-order chi connectivity index (χ1) is 9.85. The zero-order valence-corrected chi connectivity index (χ0v) is 13.5. The molecule has 2 amide bonds. The summed E-state index contributed by atoms with van der Waals surface area (Å²) in [6.07, 6.45) is 0. The van der Waals surface area contributed by atoms with Crippen LogP contribution in [-0.4, -0.2) is 37.9 Å². The lowest BCUT2D eigenvalue weighted by molar-refractivity contribution is 0.123. The molecule has 1 saturated heterocycles. The van der Waals surface area contributed by atoms with Gasteiger partial charge in [-0.1, -0.05) is 11.6 Å². The quantitative estimate of drug-likeness (QED) is 0.882. The van der Waals surface area contributed by atoms with Gasteiger partial charge >= 0.3 is 6.03 Å².